The minimum atomic E-state index is -0.634. The fourth-order valence-corrected chi connectivity index (χ4v) is 4.31. The van der Waals surface area contributed by atoms with Crippen LogP contribution in [0.1, 0.15) is 37.7 Å². The maximum absolute atomic E-state index is 10.8. The third-order valence-corrected chi connectivity index (χ3v) is 5.12. The van der Waals surface area contributed by atoms with Crippen LogP contribution in [0, 0.1) is 5.92 Å². The van der Waals surface area contributed by atoms with Crippen molar-refractivity contribution >= 4 is 17.3 Å². The van der Waals surface area contributed by atoms with Gasteiger partial charge in [-0.1, -0.05) is 0 Å². The monoisotopic (exact) mass is 265 g/mol. The van der Waals surface area contributed by atoms with Crippen molar-refractivity contribution in [2.24, 2.45) is 5.92 Å². The maximum atomic E-state index is 10.8. The Balaban J connectivity index is 1.64. The zero-order chi connectivity index (χ0) is 12.5. The highest BCUT2D eigenvalue weighted by Crippen LogP contribution is 2.40. The second-order valence-electron chi connectivity index (χ2n) is 5.62. The maximum Gasteiger partial charge on any atom is 0.303 e. The molecule has 98 valence electrons. The quantitative estimate of drug-likeness (QED) is 0.910. The summed E-state index contributed by atoms with van der Waals surface area (Å²) in [6, 6.07) is 3.44. The second-order valence-corrected chi connectivity index (χ2v) is 6.40. The minimum absolute atomic E-state index is 0.360. The molecular formula is C14H19NO2S. The van der Waals surface area contributed by atoms with Crippen LogP contribution in [0.3, 0.4) is 0 Å². The number of hydrogen-bond donors (Lipinski definition) is 1. The van der Waals surface area contributed by atoms with Crippen LogP contribution in [0.15, 0.2) is 16.8 Å². The van der Waals surface area contributed by atoms with Crippen molar-refractivity contribution in [2.75, 3.05) is 0 Å². The first-order valence-corrected chi connectivity index (χ1v) is 7.65. The fourth-order valence-electron chi connectivity index (χ4n) is 3.65. The van der Waals surface area contributed by atoms with Crippen molar-refractivity contribution in [2.45, 2.75) is 50.7 Å². The smallest absolute Gasteiger partial charge is 0.303 e. The lowest BCUT2D eigenvalue weighted by molar-refractivity contribution is -0.138. The van der Waals surface area contributed by atoms with Crippen LogP contribution in [0.4, 0.5) is 0 Å². The number of carboxylic acid groups (broad SMARTS) is 1. The Labute approximate surface area is 111 Å². The number of aliphatic carboxylic acids is 1. The SMILES string of the molecule is O=C(O)CC1CC2CCC(C1)N2Cc1ccsc1. The molecule has 0 aromatic carbocycles. The second kappa shape index (κ2) is 5.02. The van der Waals surface area contributed by atoms with E-state index in [9.17, 15) is 4.79 Å². The van der Waals surface area contributed by atoms with Gasteiger partial charge in [-0.3, -0.25) is 9.69 Å². The summed E-state index contributed by atoms with van der Waals surface area (Å²) in [4.78, 5) is 13.4. The topological polar surface area (TPSA) is 40.5 Å². The number of carbonyl (C=O) groups is 1. The molecule has 2 bridgehead atoms. The molecule has 0 amide bonds. The zero-order valence-corrected chi connectivity index (χ0v) is 11.2. The Morgan fingerprint density at radius 2 is 2.11 bits per heavy atom. The first kappa shape index (κ1) is 12.2. The number of nitrogens with zero attached hydrogens (tertiary/aromatic N) is 1. The van der Waals surface area contributed by atoms with Gasteiger partial charge in [0.15, 0.2) is 0 Å². The third kappa shape index (κ3) is 2.45. The van der Waals surface area contributed by atoms with Crippen LogP contribution in [0.2, 0.25) is 0 Å². The van der Waals surface area contributed by atoms with Gasteiger partial charge in [-0.2, -0.15) is 11.3 Å². The van der Waals surface area contributed by atoms with Gasteiger partial charge in [0.25, 0.3) is 0 Å². The molecule has 1 aromatic heterocycles. The van der Waals surface area contributed by atoms with Gasteiger partial charge in [0, 0.05) is 25.0 Å². The molecule has 2 fully saturated rings. The van der Waals surface area contributed by atoms with E-state index in [0.29, 0.717) is 24.4 Å². The van der Waals surface area contributed by atoms with E-state index in [0.717, 1.165) is 19.4 Å². The Bertz CT molecular complexity index is 403. The van der Waals surface area contributed by atoms with Crippen molar-refractivity contribution in [1.82, 2.24) is 4.90 Å². The van der Waals surface area contributed by atoms with Crippen LogP contribution in [0.5, 0.6) is 0 Å². The highest BCUT2D eigenvalue weighted by molar-refractivity contribution is 7.07. The molecule has 2 aliphatic heterocycles. The standard InChI is InChI=1S/C14H19NO2S/c16-14(17)7-11-5-12-1-2-13(6-11)15(12)8-10-3-4-18-9-10/h3-4,9,11-13H,1-2,5-8H2,(H,16,17). The first-order valence-electron chi connectivity index (χ1n) is 6.71. The summed E-state index contributed by atoms with van der Waals surface area (Å²) >= 11 is 1.76. The zero-order valence-electron chi connectivity index (χ0n) is 10.4. The number of rotatable bonds is 4. The number of thiophene rings is 1. The van der Waals surface area contributed by atoms with Gasteiger partial charge in [0.2, 0.25) is 0 Å². The molecule has 2 atom stereocenters. The largest absolute Gasteiger partial charge is 0.481 e. The summed E-state index contributed by atoms with van der Waals surface area (Å²) in [5.41, 5.74) is 1.41. The van der Waals surface area contributed by atoms with Crippen molar-refractivity contribution in [3.63, 3.8) is 0 Å². The molecule has 0 spiro atoms. The van der Waals surface area contributed by atoms with E-state index in [2.05, 4.69) is 21.7 Å². The molecule has 3 nitrogen and oxygen atoms in total. The molecule has 0 radical (unpaired) electrons. The Morgan fingerprint density at radius 1 is 1.39 bits per heavy atom. The summed E-state index contributed by atoms with van der Waals surface area (Å²) in [6.45, 7) is 1.05. The van der Waals surface area contributed by atoms with E-state index >= 15 is 0 Å². The molecule has 2 unspecified atom stereocenters. The Kier molecular flexibility index (Phi) is 3.39. The lowest BCUT2D eigenvalue weighted by atomic mass is 9.88. The third-order valence-electron chi connectivity index (χ3n) is 4.39. The van der Waals surface area contributed by atoms with E-state index in [1.165, 1.54) is 18.4 Å². The van der Waals surface area contributed by atoms with Gasteiger partial charge in [0.1, 0.15) is 0 Å². The van der Waals surface area contributed by atoms with Gasteiger partial charge < -0.3 is 5.11 Å². The molecular weight excluding hydrogens is 246 g/mol. The molecule has 4 heteroatoms. The average Bonchev–Trinajstić information content (AvgIpc) is 2.88. The minimum Gasteiger partial charge on any atom is -0.481 e. The van der Waals surface area contributed by atoms with Gasteiger partial charge >= 0.3 is 5.97 Å². The van der Waals surface area contributed by atoms with E-state index in [1.807, 2.05) is 0 Å². The first-order chi connectivity index (χ1) is 8.72. The molecule has 1 aromatic rings. The van der Waals surface area contributed by atoms with Crippen LogP contribution in [-0.4, -0.2) is 28.1 Å². The van der Waals surface area contributed by atoms with Crippen LogP contribution < -0.4 is 0 Å². The highest BCUT2D eigenvalue weighted by Gasteiger charge is 2.40. The summed E-state index contributed by atoms with van der Waals surface area (Å²) in [5.74, 6) is -0.232. The number of fused-ring (bicyclic) bond motifs is 2. The Morgan fingerprint density at radius 3 is 2.67 bits per heavy atom. The molecule has 2 aliphatic rings. The molecule has 0 aliphatic carbocycles. The lowest BCUT2D eigenvalue weighted by Crippen LogP contribution is -2.42. The van der Waals surface area contributed by atoms with Gasteiger partial charge in [-0.25, -0.2) is 0 Å². The average molecular weight is 265 g/mol. The van der Waals surface area contributed by atoms with Crippen molar-refractivity contribution in [1.29, 1.82) is 0 Å². The van der Waals surface area contributed by atoms with E-state index < -0.39 is 5.97 Å². The molecule has 18 heavy (non-hydrogen) atoms. The summed E-state index contributed by atoms with van der Waals surface area (Å²) in [6.07, 6.45) is 5.02. The van der Waals surface area contributed by atoms with E-state index in [4.69, 9.17) is 5.11 Å². The molecule has 3 rings (SSSR count). The predicted octanol–water partition coefficient (Wildman–Crippen LogP) is 2.97. The number of piperidine rings is 1. The molecule has 1 N–H and O–H groups in total. The van der Waals surface area contributed by atoms with Crippen LogP contribution in [0.25, 0.3) is 0 Å². The highest BCUT2D eigenvalue weighted by atomic mass is 32.1. The lowest BCUT2D eigenvalue weighted by Gasteiger charge is -2.38. The molecule has 3 heterocycles. The number of hydrogen-bond acceptors (Lipinski definition) is 3. The van der Waals surface area contributed by atoms with Crippen molar-refractivity contribution < 1.29 is 9.90 Å². The van der Waals surface area contributed by atoms with Crippen LogP contribution in [-0.2, 0) is 11.3 Å². The van der Waals surface area contributed by atoms with Gasteiger partial charge in [-0.05, 0) is 54.0 Å². The predicted molar refractivity (Wildman–Crippen MR) is 71.6 cm³/mol. The molecule has 0 saturated carbocycles. The van der Waals surface area contributed by atoms with E-state index in [1.54, 1.807) is 11.3 Å². The molecule has 2 saturated heterocycles. The van der Waals surface area contributed by atoms with Crippen LogP contribution >= 0.6 is 11.3 Å². The normalized spacial score (nSPS) is 31.7. The summed E-state index contributed by atoms with van der Waals surface area (Å²) in [7, 11) is 0. The summed E-state index contributed by atoms with van der Waals surface area (Å²) < 4.78 is 0. The van der Waals surface area contributed by atoms with E-state index in [-0.39, 0.29) is 0 Å². The Hall–Kier alpha value is -0.870. The fraction of sp³-hybridized carbons (Fsp3) is 0.643. The van der Waals surface area contributed by atoms with Gasteiger partial charge in [0.05, 0.1) is 0 Å². The van der Waals surface area contributed by atoms with Crippen molar-refractivity contribution in [3.8, 4) is 0 Å². The van der Waals surface area contributed by atoms with Gasteiger partial charge in [-0.15, -0.1) is 0 Å². The number of carboxylic acids is 1. The van der Waals surface area contributed by atoms with Crippen molar-refractivity contribution in [3.05, 3.63) is 22.4 Å². The summed E-state index contributed by atoms with van der Waals surface area (Å²) in [5, 5.41) is 13.3.